The molecule has 4 nitrogen and oxygen atoms in total. The Morgan fingerprint density at radius 2 is 1.94 bits per heavy atom. The van der Waals surface area contributed by atoms with E-state index in [4.69, 9.17) is 11.5 Å². The third-order valence-electron chi connectivity index (χ3n) is 3.02. The molecule has 1 heterocycles. The Labute approximate surface area is 96.5 Å². The van der Waals surface area contributed by atoms with Gasteiger partial charge in [-0.1, -0.05) is 6.42 Å². The first-order chi connectivity index (χ1) is 7.66. The van der Waals surface area contributed by atoms with E-state index in [0.717, 1.165) is 24.4 Å². The van der Waals surface area contributed by atoms with E-state index in [2.05, 4.69) is 9.97 Å². The Morgan fingerprint density at radius 3 is 2.69 bits per heavy atom. The second-order valence-electron chi connectivity index (χ2n) is 4.69. The summed E-state index contributed by atoms with van der Waals surface area (Å²) in [4.78, 5) is 8.96. The van der Waals surface area contributed by atoms with Gasteiger partial charge in [0.2, 0.25) is 0 Å². The van der Waals surface area contributed by atoms with E-state index in [-0.39, 0.29) is 6.04 Å². The maximum absolute atomic E-state index is 6.00. The third kappa shape index (κ3) is 2.50. The first-order valence-corrected chi connectivity index (χ1v) is 6.06. The van der Waals surface area contributed by atoms with Crippen LogP contribution >= 0.6 is 0 Å². The Bertz CT molecular complexity index is 374. The van der Waals surface area contributed by atoms with Gasteiger partial charge in [-0.3, -0.25) is 0 Å². The molecule has 0 bridgehead atoms. The van der Waals surface area contributed by atoms with Gasteiger partial charge < -0.3 is 11.5 Å². The Kier molecular flexibility index (Phi) is 3.39. The van der Waals surface area contributed by atoms with Crippen LogP contribution in [0.5, 0.6) is 0 Å². The highest BCUT2D eigenvalue weighted by molar-refractivity contribution is 5.43. The molecule has 0 amide bonds. The second-order valence-corrected chi connectivity index (χ2v) is 4.69. The van der Waals surface area contributed by atoms with E-state index in [9.17, 15) is 0 Å². The van der Waals surface area contributed by atoms with Crippen LogP contribution in [0.25, 0.3) is 0 Å². The SMILES string of the molecule is CC(N)Cc1nc(N)c2c(n1)CCCCC2. The highest BCUT2D eigenvalue weighted by Crippen LogP contribution is 2.23. The number of anilines is 1. The molecule has 0 spiro atoms. The number of aryl methyl sites for hydroxylation is 1. The van der Waals surface area contributed by atoms with Crippen molar-refractivity contribution in [2.24, 2.45) is 5.73 Å². The van der Waals surface area contributed by atoms with Gasteiger partial charge in [-0.25, -0.2) is 9.97 Å². The smallest absolute Gasteiger partial charge is 0.132 e. The number of nitrogens with two attached hydrogens (primary N) is 2. The van der Waals surface area contributed by atoms with E-state index >= 15 is 0 Å². The van der Waals surface area contributed by atoms with Crippen molar-refractivity contribution in [3.8, 4) is 0 Å². The van der Waals surface area contributed by atoms with E-state index in [0.29, 0.717) is 12.2 Å². The van der Waals surface area contributed by atoms with Crippen molar-refractivity contribution < 1.29 is 0 Å². The van der Waals surface area contributed by atoms with Gasteiger partial charge in [0.25, 0.3) is 0 Å². The summed E-state index contributed by atoms with van der Waals surface area (Å²) in [7, 11) is 0. The average molecular weight is 220 g/mol. The molecule has 1 aliphatic carbocycles. The molecule has 0 aliphatic heterocycles. The lowest BCUT2D eigenvalue weighted by Gasteiger charge is -2.11. The Morgan fingerprint density at radius 1 is 1.19 bits per heavy atom. The molecule has 4 N–H and O–H groups in total. The number of hydrogen-bond donors (Lipinski definition) is 2. The van der Waals surface area contributed by atoms with Crippen molar-refractivity contribution in [1.29, 1.82) is 0 Å². The van der Waals surface area contributed by atoms with Crippen LogP contribution in [0, 0.1) is 0 Å². The van der Waals surface area contributed by atoms with Gasteiger partial charge in [0.1, 0.15) is 11.6 Å². The van der Waals surface area contributed by atoms with Gasteiger partial charge in [0.05, 0.1) is 0 Å². The Balaban J connectivity index is 2.32. The van der Waals surface area contributed by atoms with Crippen LogP contribution in [0.4, 0.5) is 5.82 Å². The fourth-order valence-electron chi connectivity index (χ4n) is 2.23. The van der Waals surface area contributed by atoms with Crippen LogP contribution in [0.3, 0.4) is 0 Å². The lowest BCUT2D eigenvalue weighted by molar-refractivity contribution is 0.689. The fourth-order valence-corrected chi connectivity index (χ4v) is 2.23. The molecule has 0 aromatic carbocycles. The molecule has 4 heteroatoms. The maximum atomic E-state index is 6.00. The summed E-state index contributed by atoms with van der Waals surface area (Å²) in [6, 6.07) is 0.0863. The van der Waals surface area contributed by atoms with Gasteiger partial charge in [-0.05, 0) is 32.6 Å². The van der Waals surface area contributed by atoms with Crippen LogP contribution in [0.2, 0.25) is 0 Å². The second kappa shape index (κ2) is 4.78. The molecule has 0 radical (unpaired) electrons. The zero-order chi connectivity index (χ0) is 11.5. The first-order valence-electron chi connectivity index (χ1n) is 6.06. The standard InChI is InChI=1S/C12H20N4/c1-8(13)7-11-15-10-6-4-2-3-5-9(10)12(14)16-11/h8H,2-7,13H2,1H3,(H2,14,15,16). The Hall–Kier alpha value is -1.16. The molecule has 1 aliphatic rings. The molecule has 0 saturated carbocycles. The maximum Gasteiger partial charge on any atom is 0.132 e. The summed E-state index contributed by atoms with van der Waals surface area (Å²) in [5, 5.41) is 0. The normalized spacial score (nSPS) is 17.6. The largest absolute Gasteiger partial charge is 0.383 e. The van der Waals surface area contributed by atoms with Crippen molar-refractivity contribution in [3.05, 3.63) is 17.1 Å². The lowest BCUT2D eigenvalue weighted by Crippen LogP contribution is -2.20. The first kappa shape index (κ1) is 11.3. The molecule has 1 atom stereocenters. The van der Waals surface area contributed by atoms with Gasteiger partial charge in [-0.2, -0.15) is 0 Å². The van der Waals surface area contributed by atoms with Crippen LogP contribution in [0.1, 0.15) is 43.3 Å². The molecule has 16 heavy (non-hydrogen) atoms. The summed E-state index contributed by atoms with van der Waals surface area (Å²) in [5.74, 6) is 1.47. The summed E-state index contributed by atoms with van der Waals surface area (Å²) in [6.45, 7) is 1.96. The van der Waals surface area contributed by atoms with Crippen LogP contribution in [-0.2, 0) is 19.3 Å². The zero-order valence-corrected chi connectivity index (χ0v) is 9.87. The number of rotatable bonds is 2. The predicted molar refractivity (Wildman–Crippen MR) is 65.1 cm³/mol. The third-order valence-corrected chi connectivity index (χ3v) is 3.02. The minimum absolute atomic E-state index is 0.0863. The summed E-state index contributed by atoms with van der Waals surface area (Å²) in [5.41, 5.74) is 14.1. The van der Waals surface area contributed by atoms with Crippen molar-refractivity contribution in [2.45, 2.75) is 51.5 Å². The molecule has 0 saturated heterocycles. The highest BCUT2D eigenvalue weighted by Gasteiger charge is 2.15. The quantitative estimate of drug-likeness (QED) is 0.734. The molecule has 1 unspecified atom stereocenters. The minimum atomic E-state index is 0.0863. The lowest BCUT2D eigenvalue weighted by atomic mass is 10.1. The summed E-state index contributed by atoms with van der Waals surface area (Å²) in [6.07, 6.45) is 6.44. The van der Waals surface area contributed by atoms with E-state index in [1.807, 2.05) is 6.92 Å². The molecule has 2 rings (SSSR count). The van der Waals surface area contributed by atoms with Gasteiger partial charge >= 0.3 is 0 Å². The monoisotopic (exact) mass is 220 g/mol. The van der Waals surface area contributed by atoms with Gasteiger partial charge in [-0.15, -0.1) is 0 Å². The number of nitrogen functional groups attached to an aromatic ring is 1. The number of hydrogen-bond acceptors (Lipinski definition) is 4. The molecular weight excluding hydrogens is 200 g/mol. The topological polar surface area (TPSA) is 77.8 Å². The fraction of sp³-hybridized carbons (Fsp3) is 0.667. The van der Waals surface area contributed by atoms with Crippen molar-refractivity contribution in [3.63, 3.8) is 0 Å². The van der Waals surface area contributed by atoms with Crippen molar-refractivity contribution in [2.75, 3.05) is 5.73 Å². The number of aromatic nitrogens is 2. The van der Waals surface area contributed by atoms with E-state index < -0.39 is 0 Å². The summed E-state index contributed by atoms with van der Waals surface area (Å²) < 4.78 is 0. The average Bonchev–Trinajstić information content (AvgIpc) is 2.41. The predicted octanol–water partition coefficient (Wildman–Crippen LogP) is 1.22. The number of nitrogens with zero attached hydrogens (tertiary/aromatic N) is 2. The van der Waals surface area contributed by atoms with Crippen LogP contribution in [-0.4, -0.2) is 16.0 Å². The zero-order valence-electron chi connectivity index (χ0n) is 9.87. The summed E-state index contributed by atoms with van der Waals surface area (Å²) >= 11 is 0. The minimum Gasteiger partial charge on any atom is -0.383 e. The van der Waals surface area contributed by atoms with E-state index in [1.54, 1.807) is 0 Å². The number of fused-ring (bicyclic) bond motifs is 1. The van der Waals surface area contributed by atoms with Crippen molar-refractivity contribution in [1.82, 2.24) is 9.97 Å². The highest BCUT2D eigenvalue weighted by atomic mass is 15.0. The van der Waals surface area contributed by atoms with Crippen molar-refractivity contribution >= 4 is 5.82 Å². The molecule has 1 aromatic rings. The molecule has 88 valence electrons. The molecule has 1 aromatic heterocycles. The molecule has 0 fully saturated rings. The van der Waals surface area contributed by atoms with Crippen LogP contribution < -0.4 is 11.5 Å². The van der Waals surface area contributed by atoms with Gasteiger partial charge in [0, 0.05) is 23.7 Å². The van der Waals surface area contributed by atoms with Crippen LogP contribution in [0.15, 0.2) is 0 Å². The van der Waals surface area contributed by atoms with E-state index in [1.165, 1.54) is 24.8 Å². The molecular formula is C12H20N4. The van der Waals surface area contributed by atoms with Gasteiger partial charge in [0.15, 0.2) is 0 Å².